The zero-order chi connectivity index (χ0) is 11.5. The van der Waals surface area contributed by atoms with Gasteiger partial charge in [-0.2, -0.15) is 0 Å². The van der Waals surface area contributed by atoms with Crippen molar-refractivity contribution in [3.8, 4) is 12.3 Å². The number of nitrogens with one attached hydrogen (secondary N) is 1. The first-order valence-electron chi connectivity index (χ1n) is 4.39. The molecule has 0 radical (unpaired) electrons. The molecule has 0 saturated carbocycles. The number of rotatable bonds is 4. The van der Waals surface area contributed by atoms with E-state index in [1.807, 2.05) is 13.8 Å². The van der Waals surface area contributed by atoms with Crippen LogP contribution in [-0.2, 0) is 6.54 Å². The SMILES string of the molecule is C#CC(C)(C)NCc1csc([N+](=O)[O-])c1. The fourth-order valence-corrected chi connectivity index (χ4v) is 1.65. The summed E-state index contributed by atoms with van der Waals surface area (Å²) in [6.45, 7) is 4.31. The molecule has 4 nitrogen and oxygen atoms in total. The molecule has 0 fully saturated rings. The van der Waals surface area contributed by atoms with Gasteiger partial charge in [-0.15, -0.1) is 6.42 Å². The smallest absolute Gasteiger partial charge is 0.297 e. The van der Waals surface area contributed by atoms with Crippen molar-refractivity contribution in [2.75, 3.05) is 0 Å². The van der Waals surface area contributed by atoms with Gasteiger partial charge in [-0.05, 0) is 19.4 Å². The number of thiophene rings is 1. The van der Waals surface area contributed by atoms with Crippen LogP contribution in [-0.4, -0.2) is 10.5 Å². The number of nitrogens with zero attached hydrogens (tertiary/aromatic N) is 1. The van der Waals surface area contributed by atoms with E-state index in [0.717, 1.165) is 16.9 Å². The first-order valence-corrected chi connectivity index (χ1v) is 5.27. The second-order valence-corrected chi connectivity index (χ2v) is 4.56. The Morgan fingerprint density at radius 2 is 2.40 bits per heavy atom. The monoisotopic (exact) mass is 224 g/mol. The molecule has 1 heterocycles. The maximum absolute atomic E-state index is 10.4. The Labute approximate surface area is 92.5 Å². The Morgan fingerprint density at radius 1 is 1.73 bits per heavy atom. The van der Waals surface area contributed by atoms with Gasteiger partial charge in [0.2, 0.25) is 0 Å². The lowest BCUT2D eigenvalue weighted by molar-refractivity contribution is -0.380. The minimum absolute atomic E-state index is 0.158. The molecule has 0 aliphatic rings. The zero-order valence-electron chi connectivity index (χ0n) is 8.61. The summed E-state index contributed by atoms with van der Waals surface area (Å²) in [5.74, 6) is 2.60. The lowest BCUT2D eigenvalue weighted by atomic mass is 10.1. The summed E-state index contributed by atoms with van der Waals surface area (Å²) >= 11 is 1.13. The van der Waals surface area contributed by atoms with Gasteiger partial charge in [0.1, 0.15) is 0 Å². The van der Waals surface area contributed by atoms with Gasteiger partial charge in [-0.1, -0.05) is 17.3 Å². The molecule has 0 aliphatic carbocycles. The van der Waals surface area contributed by atoms with Gasteiger partial charge in [-0.3, -0.25) is 15.4 Å². The van der Waals surface area contributed by atoms with Crippen LogP contribution in [0.15, 0.2) is 11.4 Å². The maximum atomic E-state index is 10.4. The molecule has 0 saturated heterocycles. The molecule has 0 aromatic carbocycles. The predicted octanol–water partition coefficient (Wildman–Crippen LogP) is 2.16. The summed E-state index contributed by atoms with van der Waals surface area (Å²) in [6, 6.07) is 1.56. The summed E-state index contributed by atoms with van der Waals surface area (Å²) < 4.78 is 0. The van der Waals surface area contributed by atoms with E-state index in [9.17, 15) is 10.1 Å². The van der Waals surface area contributed by atoms with Crippen molar-refractivity contribution in [2.45, 2.75) is 25.9 Å². The molecule has 80 valence electrons. The second kappa shape index (κ2) is 4.43. The van der Waals surface area contributed by atoms with Gasteiger partial charge >= 0.3 is 5.00 Å². The van der Waals surface area contributed by atoms with Crippen molar-refractivity contribution < 1.29 is 4.92 Å². The van der Waals surface area contributed by atoms with Crippen molar-refractivity contribution in [2.24, 2.45) is 0 Å². The first kappa shape index (κ1) is 11.7. The fraction of sp³-hybridized carbons (Fsp3) is 0.400. The van der Waals surface area contributed by atoms with Crippen LogP contribution in [0.2, 0.25) is 0 Å². The highest BCUT2D eigenvalue weighted by molar-refractivity contribution is 7.13. The van der Waals surface area contributed by atoms with Gasteiger partial charge in [0.15, 0.2) is 0 Å². The number of terminal acetylenes is 1. The molecule has 1 aromatic rings. The molecule has 0 unspecified atom stereocenters. The van der Waals surface area contributed by atoms with Crippen LogP contribution in [0.4, 0.5) is 5.00 Å². The minimum Gasteiger partial charge on any atom is -0.297 e. The molecule has 0 bridgehead atoms. The zero-order valence-corrected chi connectivity index (χ0v) is 9.43. The van der Waals surface area contributed by atoms with E-state index in [4.69, 9.17) is 6.42 Å². The van der Waals surface area contributed by atoms with Gasteiger partial charge in [0.05, 0.1) is 10.5 Å². The summed E-state index contributed by atoms with van der Waals surface area (Å²) in [6.07, 6.45) is 5.31. The summed E-state index contributed by atoms with van der Waals surface area (Å²) in [7, 11) is 0. The van der Waals surface area contributed by atoms with E-state index < -0.39 is 5.54 Å². The van der Waals surface area contributed by atoms with Crippen molar-refractivity contribution in [3.63, 3.8) is 0 Å². The normalized spacial score (nSPS) is 11.0. The predicted molar refractivity (Wildman–Crippen MR) is 60.7 cm³/mol. The number of hydrogen-bond acceptors (Lipinski definition) is 4. The highest BCUT2D eigenvalue weighted by atomic mass is 32.1. The molecule has 15 heavy (non-hydrogen) atoms. The molecule has 1 N–H and O–H groups in total. The molecular formula is C10H12N2O2S. The van der Waals surface area contributed by atoms with Crippen molar-refractivity contribution >= 4 is 16.3 Å². The Hall–Kier alpha value is -1.38. The number of hydrogen-bond donors (Lipinski definition) is 1. The Balaban J connectivity index is 2.60. The van der Waals surface area contributed by atoms with Gasteiger partial charge in [0.25, 0.3) is 0 Å². The third-order valence-electron chi connectivity index (χ3n) is 1.92. The van der Waals surface area contributed by atoms with Gasteiger partial charge in [-0.25, -0.2) is 0 Å². The van der Waals surface area contributed by atoms with Gasteiger partial charge in [0, 0.05) is 18.0 Å². The van der Waals surface area contributed by atoms with E-state index in [1.165, 1.54) is 0 Å². The van der Waals surface area contributed by atoms with E-state index in [1.54, 1.807) is 11.4 Å². The van der Waals surface area contributed by atoms with Crippen LogP contribution in [0.3, 0.4) is 0 Å². The lowest BCUT2D eigenvalue weighted by Gasteiger charge is -2.18. The van der Waals surface area contributed by atoms with Crippen LogP contribution in [0.25, 0.3) is 0 Å². The first-order chi connectivity index (χ1) is 6.94. The molecular weight excluding hydrogens is 212 g/mol. The van der Waals surface area contributed by atoms with E-state index in [-0.39, 0.29) is 9.92 Å². The Kier molecular flexibility index (Phi) is 3.45. The van der Waals surface area contributed by atoms with Crippen molar-refractivity contribution in [3.05, 3.63) is 27.1 Å². The summed E-state index contributed by atoms with van der Waals surface area (Å²) in [5.41, 5.74) is 0.492. The van der Waals surface area contributed by atoms with Crippen molar-refractivity contribution in [1.82, 2.24) is 5.32 Å². The molecule has 1 aromatic heterocycles. The summed E-state index contributed by atoms with van der Waals surface area (Å²) in [4.78, 5) is 10.0. The van der Waals surface area contributed by atoms with Crippen molar-refractivity contribution in [1.29, 1.82) is 0 Å². The Morgan fingerprint density at radius 3 is 2.87 bits per heavy atom. The largest absolute Gasteiger partial charge is 0.324 e. The van der Waals surface area contributed by atoms with Crippen LogP contribution < -0.4 is 5.32 Å². The van der Waals surface area contributed by atoms with Gasteiger partial charge < -0.3 is 0 Å². The Bertz CT molecular complexity index is 404. The van der Waals surface area contributed by atoms with Crippen LogP contribution in [0.5, 0.6) is 0 Å². The topological polar surface area (TPSA) is 55.2 Å². The molecule has 0 aliphatic heterocycles. The second-order valence-electron chi connectivity index (χ2n) is 3.67. The van der Waals surface area contributed by atoms with Crippen LogP contribution in [0, 0.1) is 22.5 Å². The lowest BCUT2D eigenvalue weighted by Crippen LogP contribution is -2.36. The van der Waals surface area contributed by atoms with Crippen LogP contribution >= 0.6 is 11.3 Å². The standard InChI is InChI=1S/C10H12N2O2S/c1-4-10(2,3)11-6-8-5-9(12(13)14)15-7-8/h1,5,7,11H,6H2,2-3H3. The van der Waals surface area contributed by atoms with E-state index in [0.29, 0.717) is 6.54 Å². The molecule has 5 heteroatoms. The average Bonchev–Trinajstić information content (AvgIpc) is 2.63. The summed E-state index contributed by atoms with van der Waals surface area (Å²) in [5, 5.41) is 15.5. The van der Waals surface area contributed by atoms with E-state index in [2.05, 4.69) is 11.2 Å². The minimum atomic E-state index is -0.392. The maximum Gasteiger partial charge on any atom is 0.324 e. The van der Waals surface area contributed by atoms with E-state index >= 15 is 0 Å². The quantitative estimate of drug-likeness (QED) is 0.484. The molecule has 0 amide bonds. The molecule has 0 atom stereocenters. The van der Waals surface area contributed by atoms with Crippen LogP contribution in [0.1, 0.15) is 19.4 Å². The third-order valence-corrected chi connectivity index (χ3v) is 2.84. The average molecular weight is 224 g/mol. The fourth-order valence-electron chi connectivity index (χ4n) is 0.925. The highest BCUT2D eigenvalue weighted by Crippen LogP contribution is 2.22. The highest BCUT2D eigenvalue weighted by Gasteiger charge is 2.14. The third kappa shape index (κ3) is 3.35. The molecule has 0 spiro atoms. The molecule has 1 rings (SSSR count). The number of nitro groups is 1.